The number of alkyl halides is 3. The van der Waals surface area contributed by atoms with Gasteiger partial charge in [0.15, 0.2) is 0 Å². The molecule has 5 nitrogen and oxygen atoms in total. The van der Waals surface area contributed by atoms with E-state index in [9.17, 15) is 22.8 Å². The molecule has 2 aromatic carbocycles. The van der Waals surface area contributed by atoms with Crippen LogP contribution in [0, 0.1) is 0 Å². The molecule has 1 N–H and O–H groups in total. The molecule has 0 bridgehead atoms. The Bertz CT molecular complexity index is 941. The summed E-state index contributed by atoms with van der Waals surface area (Å²) in [7, 11) is 1.89. The Balaban J connectivity index is 1.56. The lowest BCUT2D eigenvalue weighted by atomic mass is 10.0. The molecule has 1 unspecified atom stereocenters. The maximum absolute atomic E-state index is 12.6. The van der Waals surface area contributed by atoms with E-state index in [1.54, 1.807) is 18.2 Å². The van der Waals surface area contributed by atoms with Crippen LogP contribution in [0.4, 0.5) is 24.5 Å². The summed E-state index contributed by atoms with van der Waals surface area (Å²) in [6, 6.07) is 9.11. The molecule has 2 aliphatic rings. The number of hydrogen-bond acceptors (Lipinski definition) is 3. The Hall–Kier alpha value is -3.03. The summed E-state index contributed by atoms with van der Waals surface area (Å²) in [5.41, 5.74) is 1.06. The Morgan fingerprint density at radius 3 is 2.54 bits per heavy atom. The highest BCUT2D eigenvalue weighted by molar-refractivity contribution is 6.08. The van der Waals surface area contributed by atoms with Crippen molar-refractivity contribution in [3.05, 3.63) is 59.2 Å². The minimum atomic E-state index is -4.42. The summed E-state index contributed by atoms with van der Waals surface area (Å²) in [5, 5.41) is 2.60. The molecule has 1 atom stereocenters. The first kappa shape index (κ1) is 18.3. The highest BCUT2D eigenvalue weighted by Gasteiger charge is 2.38. The minimum Gasteiger partial charge on any atom is -0.354 e. The van der Waals surface area contributed by atoms with Crippen molar-refractivity contribution < 1.29 is 22.8 Å². The highest BCUT2D eigenvalue weighted by atomic mass is 19.4. The molecule has 28 heavy (non-hydrogen) atoms. The van der Waals surface area contributed by atoms with Gasteiger partial charge in [-0.1, -0.05) is 0 Å². The van der Waals surface area contributed by atoms with Crippen LogP contribution in [0.2, 0.25) is 0 Å². The maximum atomic E-state index is 12.6. The van der Waals surface area contributed by atoms with Gasteiger partial charge in [-0.25, -0.2) is 0 Å². The summed E-state index contributed by atoms with van der Waals surface area (Å²) >= 11 is 0. The number of anilines is 2. The summed E-state index contributed by atoms with van der Waals surface area (Å²) < 4.78 is 37.9. The van der Waals surface area contributed by atoms with E-state index in [1.807, 2.05) is 16.8 Å². The topological polar surface area (TPSA) is 52.7 Å². The number of carbonyl (C=O) groups is 2. The normalized spacial score (nSPS) is 18.7. The summed E-state index contributed by atoms with van der Waals surface area (Å²) in [4.78, 5) is 29.0. The average Bonchev–Trinajstić information content (AvgIpc) is 3.16. The molecule has 0 saturated carbocycles. The van der Waals surface area contributed by atoms with Gasteiger partial charge in [0.1, 0.15) is 6.17 Å². The molecule has 0 aliphatic carbocycles. The number of halogens is 3. The van der Waals surface area contributed by atoms with Crippen LogP contribution in [0.3, 0.4) is 0 Å². The molecule has 4 rings (SSSR count). The molecule has 0 aromatic heterocycles. The lowest BCUT2D eigenvalue weighted by molar-refractivity contribution is -0.137. The molecule has 2 amide bonds. The van der Waals surface area contributed by atoms with E-state index in [4.69, 9.17) is 0 Å². The van der Waals surface area contributed by atoms with Crippen molar-refractivity contribution in [3.8, 4) is 0 Å². The third-order valence-electron chi connectivity index (χ3n) is 5.27. The molecule has 0 spiro atoms. The fourth-order valence-corrected chi connectivity index (χ4v) is 3.80. The Morgan fingerprint density at radius 2 is 1.86 bits per heavy atom. The van der Waals surface area contributed by atoms with E-state index in [1.165, 1.54) is 12.1 Å². The monoisotopic (exact) mass is 389 g/mol. The fraction of sp³-hybridized carbons (Fsp3) is 0.300. The van der Waals surface area contributed by atoms with Gasteiger partial charge in [0.2, 0.25) is 0 Å². The van der Waals surface area contributed by atoms with Gasteiger partial charge in [-0.3, -0.25) is 9.59 Å². The number of carbonyl (C=O) groups excluding carboxylic acids is 2. The molecular weight excluding hydrogens is 371 g/mol. The van der Waals surface area contributed by atoms with Crippen LogP contribution in [0.5, 0.6) is 0 Å². The molecule has 1 saturated heterocycles. The van der Waals surface area contributed by atoms with Crippen molar-refractivity contribution in [3.63, 3.8) is 0 Å². The summed E-state index contributed by atoms with van der Waals surface area (Å²) in [6.07, 6.45) is -2.61. The number of nitrogens with zero attached hydrogens (tertiary/aromatic N) is 2. The van der Waals surface area contributed by atoms with Gasteiger partial charge in [0, 0.05) is 24.8 Å². The number of rotatable bonds is 2. The van der Waals surface area contributed by atoms with Crippen molar-refractivity contribution in [2.24, 2.45) is 0 Å². The Kier molecular flexibility index (Phi) is 4.28. The standard InChI is InChI=1S/C20H18F3N3O2/c1-25-16-11-12(4-9-15(16)19(28)26-10-2-3-17(25)26)18(27)24-14-7-5-13(6-8-14)20(21,22)23/h4-9,11,17H,2-3,10H2,1H3,(H,24,27). The van der Waals surface area contributed by atoms with Crippen molar-refractivity contribution in [2.45, 2.75) is 25.2 Å². The van der Waals surface area contributed by atoms with Gasteiger partial charge >= 0.3 is 6.18 Å². The second-order valence-corrected chi connectivity index (χ2v) is 6.99. The quantitative estimate of drug-likeness (QED) is 0.846. The van der Waals surface area contributed by atoms with Crippen molar-refractivity contribution in [1.29, 1.82) is 0 Å². The SMILES string of the molecule is CN1c2cc(C(=O)Nc3ccc(C(F)(F)F)cc3)ccc2C(=O)N2CCCC21. The third kappa shape index (κ3) is 3.08. The first-order chi connectivity index (χ1) is 13.3. The van der Waals surface area contributed by atoms with E-state index >= 15 is 0 Å². The van der Waals surface area contributed by atoms with E-state index in [-0.39, 0.29) is 17.8 Å². The van der Waals surface area contributed by atoms with Gasteiger partial charge in [0.05, 0.1) is 16.8 Å². The lowest BCUT2D eigenvalue weighted by Gasteiger charge is -2.40. The van der Waals surface area contributed by atoms with Crippen LogP contribution >= 0.6 is 0 Å². The zero-order chi connectivity index (χ0) is 20.1. The van der Waals surface area contributed by atoms with Gasteiger partial charge in [-0.2, -0.15) is 13.2 Å². The molecule has 2 aromatic rings. The number of benzene rings is 2. The van der Waals surface area contributed by atoms with E-state index in [0.29, 0.717) is 16.8 Å². The van der Waals surface area contributed by atoms with Gasteiger partial charge in [0.25, 0.3) is 11.8 Å². The van der Waals surface area contributed by atoms with E-state index < -0.39 is 17.6 Å². The fourth-order valence-electron chi connectivity index (χ4n) is 3.80. The van der Waals surface area contributed by atoms with Crippen molar-refractivity contribution >= 4 is 23.2 Å². The predicted octanol–water partition coefficient (Wildman–Crippen LogP) is 3.97. The zero-order valence-corrected chi connectivity index (χ0v) is 15.1. The highest BCUT2D eigenvalue weighted by Crippen LogP contribution is 2.35. The van der Waals surface area contributed by atoms with Crippen molar-refractivity contribution in [1.82, 2.24) is 4.90 Å². The first-order valence-electron chi connectivity index (χ1n) is 8.92. The van der Waals surface area contributed by atoms with E-state index in [0.717, 1.165) is 31.5 Å². The average molecular weight is 389 g/mol. The number of amides is 2. The molecule has 146 valence electrons. The zero-order valence-electron chi connectivity index (χ0n) is 15.1. The second-order valence-electron chi connectivity index (χ2n) is 6.99. The molecule has 2 aliphatic heterocycles. The molecule has 1 fully saturated rings. The largest absolute Gasteiger partial charge is 0.416 e. The molecule has 0 radical (unpaired) electrons. The van der Waals surface area contributed by atoms with E-state index in [2.05, 4.69) is 5.32 Å². The van der Waals surface area contributed by atoms with Crippen LogP contribution in [0.15, 0.2) is 42.5 Å². The second kappa shape index (κ2) is 6.54. The van der Waals surface area contributed by atoms with Crippen LogP contribution in [0.25, 0.3) is 0 Å². The van der Waals surface area contributed by atoms with Gasteiger partial charge in [-0.15, -0.1) is 0 Å². The van der Waals surface area contributed by atoms with Crippen LogP contribution in [-0.2, 0) is 6.18 Å². The van der Waals surface area contributed by atoms with Crippen molar-refractivity contribution in [2.75, 3.05) is 23.8 Å². The third-order valence-corrected chi connectivity index (χ3v) is 5.27. The molecular formula is C20H18F3N3O2. The maximum Gasteiger partial charge on any atom is 0.416 e. The summed E-state index contributed by atoms with van der Waals surface area (Å²) in [6.45, 7) is 0.726. The predicted molar refractivity (Wildman–Crippen MR) is 98.3 cm³/mol. The van der Waals surface area contributed by atoms with Crippen LogP contribution in [-0.4, -0.2) is 36.5 Å². The molecule has 8 heteroatoms. The Morgan fingerprint density at radius 1 is 1.14 bits per heavy atom. The smallest absolute Gasteiger partial charge is 0.354 e. The Labute approximate surface area is 159 Å². The first-order valence-corrected chi connectivity index (χ1v) is 8.92. The van der Waals surface area contributed by atoms with Gasteiger partial charge < -0.3 is 15.1 Å². The van der Waals surface area contributed by atoms with Gasteiger partial charge in [-0.05, 0) is 55.3 Å². The molecule has 2 heterocycles. The number of hydrogen-bond donors (Lipinski definition) is 1. The number of nitrogens with one attached hydrogen (secondary N) is 1. The lowest BCUT2D eigenvalue weighted by Crippen LogP contribution is -2.50. The van der Waals surface area contributed by atoms with Crippen LogP contribution in [0.1, 0.15) is 39.1 Å². The summed E-state index contributed by atoms with van der Waals surface area (Å²) in [5.74, 6) is -0.484. The van der Waals surface area contributed by atoms with Crippen LogP contribution < -0.4 is 10.2 Å². The number of fused-ring (bicyclic) bond motifs is 2. The minimum absolute atomic E-state index is 0.00627.